The summed E-state index contributed by atoms with van der Waals surface area (Å²) < 4.78 is 13.8. The fraction of sp³-hybridized carbons (Fsp3) is 0.438. The van der Waals surface area contributed by atoms with Gasteiger partial charge in [-0.25, -0.2) is 9.18 Å². The summed E-state index contributed by atoms with van der Waals surface area (Å²) in [5, 5.41) is 11.4. The first-order valence-corrected chi connectivity index (χ1v) is 8.02. The molecule has 1 saturated heterocycles. The summed E-state index contributed by atoms with van der Waals surface area (Å²) in [4.78, 5) is 37.5. The standard InChI is InChI=1S/C16H19ClFN3O4/c1-20(6-5-14(23)24)16(25)19-12-8-13(22)21(2)15(12)9-3-4-10(17)11(18)7-9/h3-4,7,12,15H,5-6,8H2,1-2H3,(H,19,25)(H,23,24). The number of likely N-dealkylation sites (N-methyl/N-ethyl adjacent to an activating group) is 1. The van der Waals surface area contributed by atoms with Gasteiger partial charge in [-0.1, -0.05) is 17.7 Å². The highest BCUT2D eigenvalue weighted by Gasteiger charge is 2.40. The lowest BCUT2D eigenvalue weighted by atomic mass is 10.00. The van der Waals surface area contributed by atoms with Crippen molar-refractivity contribution in [1.82, 2.24) is 15.1 Å². The van der Waals surface area contributed by atoms with Crippen molar-refractivity contribution in [3.8, 4) is 0 Å². The molecule has 1 heterocycles. The number of carboxylic acid groups (broad SMARTS) is 1. The predicted molar refractivity (Wildman–Crippen MR) is 88.7 cm³/mol. The Labute approximate surface area is 149 Å². The minimum absolute atomic E-state index is 0.0234. The van der Waals surface area contributed by atoms with E-state index in [1.54, 1.807) is 13.1 Å². The van der Waals surface area contributed by atoms with Crippen molar-refractivity contribution < 1.29 is 23.9 Å². The van der Waals surface area contributed by atoms with Gasteiger partial charge in [-0.3, -0.25) is 9.59 Å². The molecule has 3 amide bonds. The second kappa shape index (κ2) is 7.69. The van der Waals surface area contributed by atoms with Crippen LogP contribution in [0, 0.1) is 5.82 Å². The molecule has 136 valence electrons. The third kappa shape index (κ3) is 4.39. The number of hydrogen-bond acceptors (Lipinski definition) is 3. The van der Waals surface area contributed by atoms with E-state index in [4.69, 9.17) is 16.7 Å². The first-order chi connectivity index (χ1) is 11.7. The van der Waals surface area contributed by atoms with Crippen LogP contribution in [0.25, 0.3) is 0 Å². The average molecular weight is 372 g/mol. The van der Waals surface area contributed by atoms with Gasteiger partial charge >= 0.3 is 12.0 Å². The molecule has 1 aromatic carbocycles. The van der Waals surface area contributed by atoms with Crippen molar-refractivity contribution >= 4 is 29.5 Å². The molecular weight excluding hydrogens is 353 g/mol. The molecule has 0 saturated carbocycles. The van der Waals surface area contributed by atoms with Crippen LogP contribution in [0.4, 0.5) is 9.18 Å². The second-order valence-electron chi connectivity index (χ2n) is 5.95. The van der Waals surface area contributed by atoms with Gasteiger partial charge in [0.25, 0.3) is 0 Å². The number of amides is 3. The summed E-state index contributed by atoms with van der Waals surface area (Å²) in [6.45, 7) is 0.0396. The molecule has 0 aromatic heterocycles. The molecule has 0 bridgehead atoms. The maximum Gasteiger partial charge on any atom is 0.317 e. The number of benzene rings is 1. The van der Waals surface area contributed by atoms with E-state index in [0.717, 1.165) is 0 Å². The number of rotatable bonds is 5. The summed E-state index contributed by atoms with van der Waals surface area (Å²) in [5.41, 5.74) is 0.522. The van der Waals surface area contributed by atoms with Crippen molar-refractivity contribution in [2.75, 3.05) is 20.6 Å². The van der Waals surface area contributed by atoms with Gasteiger partial charge in [-0.05, 0) is 17.7 Å². The van der Waals surface area contributed by atoms with Crippen LogP contribution in [0.5, 0.6) is 0 Å². The second-order valence-corrected chi connectivity index (χ2v) is 6.36. The van der Waals surface area contributed by atoms with Crippen molar-refractivity contribution in [2.45, 2.75) is 24.9 Å². The van der Waals surface area contributed by atoms with E-state index in [2.05, 4.69) is 5.32 Å². The minimum atomic E-state index is -1.01. The van der Waals surface area contributed by atoms with Gasteiger partial charge in [0.2, 0.25) is 5.91 Å². The Morgan fingerprint density at radius 2 is 2.16 bits per heavy atom. The molecule has 2 N–H and O–H groups in total. The molecule has 25 heavy (non-hydrogen) atoms. The summed E-state index contributed by atoms with van der Waals surface area (Å²) >= 11 is 5.70. The van der Waals surface area contributed by atoms with Crippen molar-refractivity contribution in [1.29, 1.82) is 0 Å². The molecule has 7 nitrogen and oxygen atoms in total. The Bertz CT molecular complexity index is 700. The number of aliphatic carboxylic acids is 1. The minimum Gasteiger partial charge on any atom is -0.481 e. The first-order valence-electron chi connectivity index (χ1n) is 7.64. The zero-order valence-electron chi connectivity index (χ0n) is 13.8. The molecule has 2 unspecified atom stereocenters. The van der Waals surface area contributed by atoms with Crippen LogP contribution in [-0.2, 0) is 9.59 Å². The number of urea groups is 1. The number of nitrogens with zero attached hydrogens (tertiary/aromatic N) is 2. The highest BCUT2D eigenvalue weighted by atomic mass is 35.5. The maximum atomic E-state index is 13.8. The maximum absolute atomic E-state index is 13.8. The quantitative estimate of drug-likeness (QED) is 0.826. The van der Waals surface area contributed by atoms with Gasteiger partial charge < -0.3 is 20.2 Å². The number of carbonyl (C=O) groups excluding carboxylic acids is 2. The zero-order chi connectivity index (χ0) is 18.7. The largest absolute Gasteiger partial charge is 0.481 e. The molecule has 1 fully saturated rings. The molecule has 1 aliphatic rings. The van der Waals surface area contributed by atoms with E-state index < -0.39 is 29.9 Å². The fourth-order valence-corrected chi connectivity index (χ4v) is 2.90. The Kier molecular flexibility index (Phi) is 5.84. The van der Waals surface area contributed by atoms with E-state index in [-0.39, 0.29) is 30.3 Å². The summed E-state index contributed by atoms with van der Waals surface area (Å²) in [6.07, 6.45) is -0.108. The van der Waals surface area contributed by atoms with Gasteiger partial charge in [0, 0.05) is 27.1 Å². The van der Waals surface area contributed by atoms with E-state index >= 15 is 0 Å². The van der Waals surface area contributed by atoms with Crippen molar-refractivity contribution in [2.24, 2.45) is 0 Å². The number of carbonyl (C=O) groups is 3. The van der Waals surface area contributed by atoms with Gasteiger partial charge in [0.15, 0.2) is 0 Å². The molecular formula is C16H19ClFN3O4. The van der Waals surface area contributed by atoms with Crippen molar-refractivity contribution in [3.05, 3.63) is 34.6 Å². The van der Waals surface area contributed by atoms with Crippen LogP contribution in [0.3, 0.4) is 0 Å². The predicted octanol–water partition coefficient (Wildman–Crippen LogP) is 1.87. The van der Waals surface area contributed by atoms with Gasteiger partial charge in [-0.15, -0.1) is 0 Å². The highest BCUT2D eigenvalue weighted by molar-refractivity contribution is 6.30. The van der Waals surface area contributed by atoms with Crippen LogP contribution in [0.2, 0.25) is 5.02 Å². The van der Waals surface area contributed by atoms with Gasteiger partial charge in [0.1, 0.15) is 5.82 Å². The molecule has 9 heteroatoms. The topological polar surface area (TPSA) is 90.0 Å². The Morgan fingerprint density at radius 1 is 1.48 bits per heavy atom. The Balaban J connectivity index is 2.14. The molecule has 2 atom stereocenters. The first kappa shape index (κ1) is 19.0. The van der Waals surface area contributed by atoms with Crippen LogP contribution < -0.4 is 5.32 Å². The summed E-state index contributed by atoms with van der Waals surface area (Å²) in [5.74, 6) is -1.79. The lowest BCUT2D eigenvalue weighted by Gasteiger charge is -2.27. The third-order valence-corrected chi connectivity index (χ3v) is 4.49. The summed E-state index contributed by atoms with van der Waals surface area (Å²) in [7, 11) is 3.05. The number of nitrogens with one attached hydrogen (secondary N) is 1. The third-order valence-electron chi connectivity index (χ3n) is 4.19. The zero-order valence-corrected chi connectivity index (χ0v) is 14.6. The Morgan fingerprint density at radius 3 is 2.76 bits per heavy atom. The van der Waals surface area contributed by atoms with E-state index in [1.165, 1.54) is 29.0 Å². The monoisotopic (exact) mass is 371 g/mol. The van der Waals surface area contributed by atoms with E-state index in [9.17, 15) is 18.8 Å². The number of likely N-dealkylation sites (tertiary alicyclic amines) is 1. The molecule has 0 aliphatic carbocycles. The molecule has 1 aromatic rings. The summed E-state index contributed by atoms with van der Waals surface area (Å²) in [6, 6.07) is 2.68. The lowest BCUT2D eigenvalue weighted by Crippen LogP contribution is -2.45. The van der Waals surface area contributed by atoms with E-state index in [0.29, 0.717) is 5.56 Å². The van der Waals surface area contributed by atoms with Gasteiger partial charge in [-0.2, -0.15) is 0 Å². The van der Waals surface area contributed by atoms with Crippen molar-refractivity contribution in [3.63, 3.8) is 0 Å². The SMILES string of the molecule is CN(CCC(=O)O)C(=O)NC1CC(=O)N(C)C1c1ccc(Cl)c(F)c1. The Hall–Kier alpha value is -2.35. The number of hydrogen-bond donors (Lipinski definition) is 2. The molecule has 1 aliphatic heterocycles. The van der Waals surface area contributed by atoms with Gasteiger partial charge in [0.05, 0.1) is 23.5 Å². The molecule has 0 spiro atoms. The normalized spacial score (nSPS) is 19.8. The van der Waals surface area contributed by atoms with Crippen LogP contribution in [-0.4, -0.2) is 59.5 Å². The molecule has 0 radical (unpaired) electrons. The lowest BCUT2D eigenvalue weighted by molar-refractivity contribution is -0.137. The molecule has 2 rings (SSSR count). The smallest absolute Gasteiger partial charge is 0.317 e. The average Bonchev–Trinajstić information content (AvgIpc) is 2.82. The van der Waals surface area contributed by atoms with Crippen LogP contribution in [0.1, 0.15) is 24.4 Å². The fourth-order valence-electron chi connectivity index (χ4n) is 2.78. The van der Waals surface area contributed by atoms with Crippen LogP contribution in [0.15, 0.2) is 18.2 Å². The van der Waals surface area contributed by atoms with E-state index in [1.807, 2.05) is 0 Å². The highest BCUT2D eigenvalue weighted by Crippen LogP contribution is 2.33. The van der Waals surface area contributed by atoms with Crippen LogP contribution >= 0.6 is 11.6 Å². The number of halogens is 2. The number of carboxylic acids is 1.